The minimum absolute atomic E-state index is 0.315. The molecule has 16 heavy (non-hydrogen) atoms. The molecule has 0 aromatic heterocycles. The van der Waals surface area contributed by atoms with E-state index in [1.54, 1.807) is 12.1 Å². The van der Waals surface area contributed by atoms with Crippen molar-refractivity contribution in [3.63, 3.8) is 0 Å². The molecule has 0 saturated carbocycles. The van der Waals surface area contributed by atoms with Gasteiger partial charge in [-0.3, -0.25) is 0 Å². The van der Waals surface area contributed by atoms with E-state index < -0.39 is 0 Å². The van der Waals surface area contributed by atoms with Crippen LogP contribution in [-0.4, -0.2) is 31.1 Å². The van der Waals surface area contributed by atoms with Gasteiger partial charge in [0.2, 0.25) is 0 Å². The van der Waals surface area contributed by atoms with Crippen LogP contribution in [-0.2, 0) is 0 Å². The van der Waals surface area contributed by atoms with Crippen LogP contribution in [0, 0.1) is 5.82 Å². The fourth-order valence-corrected chi connectivity index (χ4v) is 1.75. The van der Waals surface area contributed by atoms with Crippen molar-refractivity contribution in [3.05, 3.63) is 28.5 Å². The highest BCUT2D eigenvalue weighted by atomic mass is 79.9. The zero-order valence-electron chi connectivity index (χ0n) is 9.67. The molecule has 0 amide bonds. The number of hydrogen-bond donors (Lipinski definition) is 0. The first-order chi connectivity index (χ1) is 7.67. The lowest BCUT2D eigenvalue weighted by Gasteiger charge is -2.18. The van der Waals surface area contributed by atoms with Crippen molar-refractivity contribution in [2.24, 2.45) is 0 Å². The van der Waals surface area contributed by atoms with Crippen molar-refractivity contribution in [1.29, 1.82) is 0 Å². The summed E-state index contributed by atoms with van der Waals surface area (Å²) in [4.78, 5) is 2.23. The van der Waals surface area contributed by atoms with Gasteiger partial charge in [-0.05, 0) is 31.3 Å². The summed E-state index contributed by atoms with van der Waals surface area (Å²) in [5, 5.41) is 0. The molecule has 2 nitrogen and oxygen atoms in total. The standard InChI is InChI=1S/C12H17BrFNO/c1-3-15(4-2)7-8-16-12-6-5-10(13)9-11(12)14/h5-6,9H,3-4,7-8H2,1-2H3. The monoisotopic (exact) mass is 289 g/mol. The van der Waals surface area contributed by atoms with Gasteiger partial charge in [0.15, 0.2) is 11.6 Å². The van der Waals surface area contributed by atoms with Crippen LogP contribution in [0.25, 0.3) is 0 Å². The van der Waals surface area contributed by atoms with Gasteiger partial charge >= 0.3 is 0 Å². The molecule has 0 aliphatic rings. The Kier molecular flexibility index (Phi) is 5.77. The van der Waals surface area contributed by atoms with Crippen LogP contribution >= 0.6 is 15.9 Å². The molecule has 0 saturated heterocycles. The third-order valence-electron chi connectivity index (χ3n) is 2.45. The molecule has 1 aromatic rings. The maximum atomic E-state index is 13.4. The van der Waals surface area contributed by atoms with Crippen molar-refractivity contribution in [2.75, 3.05) is 26.2 Å². The van der Waals surface area contributed by atoms with Crippen molar-refractivity contribution in [3.8, 4) is 5.75 Å². The van der Waals surface area contributed by atoms with E-state index in [0.717, 1.165) is 24.1 Å². The summed E-state index contributed by atoms with van der Waals surface area (Å²) in [6, 6.07) is 4.82. The van der Waals surface area contributed by atoms with E-state index in [2.05, 4.69) is 34.7 Å². The van der Waals surface area contributed by atoms with Crippen LogP contribution in [0.2, 0.25) is 0 Å². The molecule has 0 aliphatic carbocycles. The van der Waals surface area contributed by atoms with Gasteiger partial charge in [-0.1, -0.05) is 29.8 Å². The molecule has 0 bridgehead atoms. The van der Waals surface area contributed by atoms with Crippen LogP contribution in [0.1, 0.15) is 13.8 Å². The third kappa shape index (κ3) is 4.10. The largest absolute Gasteiger partial charge is 0.489 e. The summed E-state index contributed by atoms with van der Waals surface area (Å²) in [6.45, 7) is 7.52. The average Bonchev–Trinajstić information content (AvgIpc) is 2.27. The van der Waals surface area contributed by atoms with Crippen LogP contribution in [0.5, 0.6) is 5.75 Å². The average molecular weight is 290 g/mol. The fraction of sp³-hybridized carbons (Fsp3) is 0.500. The molecule has 0 aliphatic heterocycles. The molecule has 0 N–H and O–H groups in total. The number of nitrogens with zero attached hydrogens (tertiary/aromatic N) is 1. The van der Waals surface area contributed by atoms with E-state index in [9.17, 15) is 4.39 Å². The lowest BCUT2D eigenvalue weighted by Crippen LogP contribution is -2.28. The van der Waals surface area contributed by atoms with Crippen molar-refractivity contribution < 1.29 is 9.13 Å². The second-order valence-corrected chi connectivity index (χ2v) is 4.37. The molecule has 0 heterocycles. The zero-order valence-corrected chi connectivity index (χ0v) is 11.3. The Morgan fingerprint density at radius 3 is 2.56 bits per heavy atom. The molecular weight excluding hydrogens is 273 g/mol. The van der Waals surface area contributed by atoms with E-state index in [1.165, 1.54) is 6.07 Å². The molecule has 0 spiro atoms. The molecule has 1 aromatic carbocycles. The van der Waals surface area contributed by atoms with E-state index in [4.69, 9.17) is 4.74 Å². The summed E-state index contributed by atoms with van der Waals surface area (Å²) >= 11 is 3.21. The number of hydrogen-bond acceptors (Lipinski definition) is 2. The summed E-state index contributed by atoms with van der Waals surface area (Å²) in [5.41, 5.74) is 0. The van der Waals surface area contributed by atoms with E-state index >= 15 is 0 Å². The summed E-state index contributed by atoms with van der Waals surface area (Å²) in [6.07, 6.45) is 0. The van der Waals surface area contributed by atoms with Gasteiger partial charge < -0.3 is 9.64 Å². The molecular formula is C12H17BrFNO. The van der Waals surface area contributed by atoms with Crippen LogP contribution in [0.3, 0.4) is 0 Å². The van der Waals surface area contributed by atoms with E-state index in [0.29, 0.717) is 12.4 Å². The fourth-order valence-electron chi connectivity index (χ4n) is 1.42. The minimum Gasteiger partial charge on any atom is -0.489 e. The first-order valence-corrected chi connectivity index (χ1v) is 6.26. The van der Waals surface area contributed by atoms with Crippen LogP contribution in [0.4, 0.5) is 4.39 Å². The van der Waals surface area contributed by atoms with Gasteiger partial charge in [-0.2, -0.15) is 0 Å². The quantitative estimate of drug-likeness (QED) is 0.797. The highest BCUT2D eigenvalue weighted by Gasteiger charge is 2.04. The lowest BCUT2D eigenvalue weighted by molar-refractivity contribution is 0.217. The maximum absolute atomic E-state index is 13.4. The SMILES string of the molecule is CCN(CC)CCOc1ccc(Br)cc1F. The van der Waals surface area contributed by atoms with Crippen molar-refractivity contribution in [2.45, 2.75) is 13.8 Å². The number of rotatable bonds is 6. The van der Waals surface area contributed by atoms with Gasteiger partial charge in [-0.15, -0.1) is 0 Å². The van der Waals surface area contributed by atoms with Gasteiger partial charge in [0.1, 0.15) is 6.61 Å². The van der Waals surface area contributed by atoms with Crippen molar-refractivity contribution >= 4 is 15.9 Å². The van der Waals surface area contributed by atoms with Gasteiger partial charge in [0, 0.05) is 11.0 Å². The predicted molar refractivity (Wildman–Crippen MR) is 67.4 cm³/mol. The Labute approximate surface area is 105 Å². The first-order valence-electron chi connectivity index (χ1n) is 5.47. The van der Waals surface area contributed by atoms with E-state index in [-0.39, 0.29) is 5.82 Å². The Morgan fingerprint density at radius 2 is 2.00 bits per heavy atom. The van der Waals surface area contributed by atoms with Gasteiger partial charge in [0.25, 0.3) is 0 Å². The smallest absolute Gasteiger partial charge is 0.166 e. The summed E-state index contributed by atoms with van der Waals surface area (Å²) < 4.78 is 19.5. The van der Waals surface area contributed by atoms with E-state index in [1.807, 2.05) is 0 Å². The van der Waals surface area contributed by atoms with Gasteiger partial charge in [0.05, 0.1) is 0 Å². The van der Waals surface area contributed by atoms with Gasteiger partial charge in [-0.25, -0.2) is 4.39 Å². The minimum atomic E-state index is -0.325. The summed E-state index contributed by atoms with van der Waals surface area (Å²) in [5.74, 6) is -0.00993. The lowest BCUT2D eigenvalue weighted by atomic mass is 10.3. The number of halogens is 2. The highest BCUT2D eigenvalue weighted by Crippen LogP contribution is 2.21. The molecule has 0 radical (unpaired) electrons. The topological polar surface area (TPSA) is 12.5 Å². The van der Waals surface area contributed by atoms with Crippen LogP contribution < -0.4 is 4.74 Å². The second kappa shape index (κ2) is 6.86. The number of ether oxygens (including phenoxy) is 1. The highest BCUT2D eigenvalue weighted by molar-refractivity contribution is 9.10. The molecule has 0 unspecified atom stereocenters. The number of likely N-dealkylation sites (N-methyl/N-ethyl adjacent to an activating group) is 1. The normalized spacial score (nSPS) is 10.8. The maximum Gasteiger partial charge on any atom is 0.166 e. The molecule has 90 valence electrons. The Morgan fingerprint density at radius 1 is 1.31 bits per heavy atom. The predicted octanol–water partition coefficient (Wildman–Crippen LogP) is 3.31. The Bertz CT molecular complexity index is 329. The molecule has 0 fully saturated rings. The second-order valence-electron chi connectivity index (χ2n) is 3.45. The van der Waals surface area contributed by atoms with Crippen molar-refractivity contribution in [1.82, 2.24) is 4.90 Å². The Hall–Kier alpha value is -0.610. The Balaban J connectivity index is 2.42. The number of benzene rings is 1. The van der Waals surface area contributed by atoms with Crippen LogP contribution in [0.15, 0.2) is 22.7 Å². The first kappa shape index (κ1) is 13.5. The molecule has 4 heteroatoms. The molecule has 0 atom stereocenters. The third-order valence-corrected chi connectivity index (χ3v) is 2.95. The summed E-state index contributed by atoms with van der Waals surface area (Å²) in [7, 11) is 0. The molecule has 1 rings (SSSR count). The zero-order chi connectivity index (χ0) is 12.0.